The van der Waals surface area contributed by atoms with Crippen LogP contribution < -0.4 is 4.90 Å². The maximum Gasteiger partial charge on any atom is 0.303 e. The van der Waals surface area contributed by atoms with E-state index in [-0.39, 0.29) is 29.4 Å². The van der Waals surface area contributed by atoms with E-state index in [2.05, 4.69) is 30.9 Å². The van der Waals surface area contributed by atoms with E-state index in [4.69, 9.17) is 5.11 Å². The molecule has 0 bridgehead atoms. The van der Waals surface area contributed by atoms with Crippen LogP contribution in [0.1, 0.15) is 96.0 Å². The number of unbranched alkanes of at least 4 members (excludes halogenated alkanes) is 1. The Bertz CT molecular complexity index is 1330. The zero-order chi connectivity index (χ0) is 28.7. The third-order valence-corrected chi connectivity index (χ3v) is 10.3. The first-order chi connectivity index (χ1) is 19.1. The average Bonchev–Trinajstić information content (AvgIpc) is 3.19. The lowest BCUT2D eigenvalue weighted by Gasteiger charge is -2.53. The lowest BCUT2D eigenvalue weighted by Crippen LogP contribution is -2.51. The topological polar surface area (TPSA) is 94.9 Å². The van der Waals surface area contributed by atoms with Gasteiger partial charge in [-0.1, -0.05) is 30.6 Å². The number of allylic oxidation sites excluding steroid dienone is 4. The summed E-state index contributed by atoms with van der Waals surface area (Å²) in [6.07, 6.45) is 9.06. The minimum atomic E-state index is -1.01. The highest BCUT2D eigenvalue weighted by Gasteiger charge is 2.62. The van der Waals surface area contributed by atoms with Crippen molar-refractivity contribution in [1.82, 2.24) is 0 Å². The zero-order valence-corrected chi connectivity index (χ0v) is 24.0. The first kappa shape index (κ1) is 28.4. The summed E-state index contributed by atoms with van der Waals surface area (Å²) in [6.45, 7) is 4.05. The molecule has 2 fully saturated rings. The van der Waals surface area contributed by atoms with Crippen LogP contribution in [0.25, 0.3) is 0 Å². The van der Waals surface area contributed by atoms with E-state index in [0.717, 1.165) is 37.8 Å². The van der Waals surface area contributed by atoms with E-state index in [1.807, 2.05) is 25.1 Å². The maximum absolute atomic E-state index is 12.7. The Hall–Kier alpha value is -3.17. The number of carbonyl (C=O) groups is 3. The lowest BCUT2D eigenvalue weighted by atomic mass is 9.51. The Kier molecular flexibility index (Phi) is 7.81. The summed E-state index contributed by atoms with van der Waals surface area (Å²) in [6, 6.07) is 8.23. The smallest absolute Gasteiger partial charge is 0.303 e. The summed E-state index contributed by atoms with van der Waals surface area (Å²) in [5.41, 5.74) is 4.70. The van der Waals surface area contributed by atoms with Gasteiger partial charge in [-0.05, 0) is 105 Å². The van der Waals surface area contributed by atoms with Crippen LogP contribution >= 0.6 is 0 Å². The Morgan fingerprint density at radius 2 is 1.80 bits per heavy atom. The molecule has 1 aromatic rings. The molecule has 6 heteroatoms. The molecule has 0 saturated heterocycles. The second kappa shape index (κ2) is 11.0. The van der Waals surface area contributed by atoms with E-state index >= 15 is 0 Å². The average molecular weight is 544 g/mol. The van der Waals surface area contributed by atoms with Gasteiger partial charge >= 0.3 is 5.97 Å². The monoisotopic (exact) mass is 543 g/mol. The van der Waals surface area contributed by atoms with Gasteiger partial charge in [0.2, 0.25) is 5.91 Å². The van der Waals surface area contributed by atoms with Gasteiger partial charge in [-0.2, -0.15) is 0 Å². The van der Waals surface area contributed by atoms with Gasteiger partial charge in [-0.25, -0.2) is 0 Å². The van der Waals surface area contributed by atoms with Crippen LogP contribution in [-0.4, -0.2) is 40.5 Å². The molecule has 2 saturated carbocycles. The van der Waals surface area contributed by atoms with Crippen LogP contribution in [0.15, 0.2) is 47.1 Å². The number of ketones is 1. The molecule has 0 aromatic heterocycles. The molecule has 0 unspecified atom stereocenters. The third kappa shape index (κ3) is 4.94. The van der Waals surface area contributed by atoms with E-state index in [9.17, 15) is 19.5 Å². The third-order valence-electron chi connectivity index (χ3n) is 10.3. The van der Waals surface area contributed by atoms with Crippen LogP contribution in [0, 0.1) is 29.1 Å². The van der Waals surface area contributed by atoms with E-state index in [0.29, 0.717) is 43.9 Å². The van der Waals surface area contributed by atoms with Crippen molar-refractivity contribution in [3.63, 3.8) is 0 Å². The van der Waals surface area contributed by atoms with Gasteiger partial charge < -0.3 is 15.1 Å². The Morgan fingerprint density at radius 1 is 1.07 bits per heavy atom. The number of hydrogen-bond donors (Lipinski definition) is 2. The molecule has 0 heterocycles. The number of amides is 1. The molecule has 1 aromatic carbocycles. The van der Waals surface area contributed by atoms with Crippen LogP contribution in [0.3, 0.4) is 0 Å². The highest BCUT2D eigenvalue weighted by atomic mass is 16.4. The molecule has 4 aliphatic carbocycles. The number of aliphatic carboxylic acids is 1. The molecular formula is C34H41NO5. The molecular weight excluding hydrogens is 502 g/mol. The summed E-state index contributed by atoms with van der Waals surface area (Å²) in [4.78, 5) is 37.4. The number of aliphatic hydroxyl groups is 1. The van der Waals surface area contributed by atoms with Gasteiger partial charge in [0.1, 0.15) is 5.60 Å². The fraction of sp³-hybridized carbons (Fsp3) is 0.559. The number of carboxylic acids is 1. The van der Waals surface area contributed by atoms with Crippen molar-refractivity contribution in [2.45, 2.75) is 96.0 Å². The molecule has 6 nitrogen and oxygen atoms in total. The first-order valence-corrected chi connectivity index (χ1v) is 14.8. The largest absolute Gasteiger partial charge is 0.481 e. The highest BCUT2D eigenvalue weighted by Crippen LogP contribution is 2.66. The molecule has 0 spiro atoms. The minimum Gasteiger partial charge on any atom is -0.481 e. The summed E-state index contributed by atoms with van der Waals surface area (Å²) in [7, 11) is 1.76. The number of anilines is 1. The Morgan fingerprint density at radius 3 is 2.50 bits per heavy atom. The van der Waals surface area contributed by atoms with Crippen molar-refractivity contribution in [1.29, 1.82) is 0 Å². The zero-order valence-electron chi connectivity index (χ0n) is 24.0. The fourth-order valence-corrected chi connectivity index (χ4v) is 8.17. The number of carbonyl (C=O) groups excluding carboxylic acids is 2. The predicted molar refractivity (Wildman–Crippen MR) is 155 cm³/mol. The number of benzene rings is 1. The van der Waals surface area contributed by atoms with E-state index in [1.165, 1.54) is 22.3 Å². The molecule has 212 valence electrons. The molecule has 0 aliphatic heterocycles. The normalized spacial score (nSPS) is 30.9. The van der Waals surface area contributed by atoms with Crippen LogP contribution in [-0.2, 0) is 14.4 Å². The van der Waals surface area contributed by atoms with Crippen molar-refractivity contribution in [2.24, 2.45) is 17.3 Å². The van der Waals surface area contributed by atoms with Crippen molar-refractivity contribution >= 4 is 23.3 Å². The quantitative estimate of drug-likeness (QED) is 0.327. The second-order valence-corrected chi connectivity index (χ2v) is 12.4. The fourth-order valence-electron chi connectivity index (χ4n) is 8.17. The maximum atomic E-state index is 12.7. The second-order valence-electron chi connectivity index (χ2n) is 12.4. The van der Waals surface area contributed by atoms with Crippen molar-refractivity contribution in [3.05, 3.63) is 52.6 Å². The summed E-state index contributed by atoms with van der Waals surface area (Å²) < 4.78 is 0. The van der Waals surface area contributed by atoms with Crippen molar-refractivity contribution in [3.8, 4) is 11.8 Å². The number of nitrogens with zero attached hydrogens (tertiary/aromatic N) is 1. The number of rotatable bonds is 7. The van der Waals surface area contributed by atoms with Gasteiger partial charge in [0.15, 0.2) is 5.78 Å². The van der Waals surface area contributed by atoms with Crippen LogP contribution in [0.2, 0.25) is 0 Å². The van der Waals surface area contributed by atoms with Gasteiger partial charge in [0.05, 0.1) is 0 Å². The summed E-state index contributed by atoms with van der Waals surface area (Å²) in [5.74, 6) is 6.43. The SMILES string of the molecule is CC#C[C@]1(O)CC[C@H]2[C@@H]3CCC4=CC(=O)CCC4=C3[C@@H](c3ccc(N(C)C(=O)CCCCC(=O)O)cc3)C[C@@]21C. The van der Waals surface area contributed by atoms with Crippen molar-refractivity contribution in [2.75, 3.05) is 11.9 Å². The molecule has 40 heavy (non-hydrogen) atoms. The molecule has 0 radical (unpaired) electrons. The minimum absolute atomic E-state index is 0.0285. The molecule has 5 rings (SSSR count). The van der Waals surface area contributed by atoms with Gasteiger partial charge in [0, 0.05) is 43.3 Å². The highest BCUT2D eigenvalue weighted by molar-refractivity contribution is 5.93. The first-order valence-electron chi connectivity index (χ1n) is 14.8. The summed E-state index contributed by atoms with van der Waals surface area (Å²) >= 11 is 0. The Balaban J connectivity index is 1.47. The van der Waals surface area contributed by atoms with Gasteiger partial charge in [-0.15, -0.1) is 5.92 Å². The lowest BCUT2D eigenvalue weighted by molar-refractivity contribution is -0.137. The standard InChI is InChI=1S/C34H41NO5/c1-4-18-34(40)19-17-29-27-15-11-23-20-25(36)14-16-26(23)32(27)28(21-33(29,34)2)22-9-12-24(13-10-22)35(3)30(37)7-5-6-8-31(38)39/h9-10,12-13,20,27-29,40H,5-8,11,14-17,19,21H2,1-3H3,(H,38,39)/t27-,28+,29-,33-,34-/m0/s1. The van der Waals surface area contributed by atoms with Crippen molar-refractivity contribution < 1.29 is 24.6 Å². The molecule has 2 N–H and O–H groups in total. The molecule has 5 atom stereocenters. The number of carboxylic acid groups (broad SMARTS) is 1. The summed E-state index contributed by atoms with van der Waals surface area (Å²) in [5, 5.41) is 20.7. The van der Waals surface area contributed by atoms with E-state index < -0.39 is 11.6 Å². The molecule has 4 aliphatic rings. The molecule has 1 amide bonds. The van der Waals surface area contributed by atoms with E-state index in [1.54, 1.807) is 11.9 Å². The van der Waals surface area contributed by atoms with Crippen LogP contribution in [0.5, 0.6) is 0 Å². The number of fused-ring (bicyclic) bond motifs is 4. The van der Waals surface area contributed by atoms with Gasteiger partial charge in [-0.3, -0.25) is 14.4 Å². The van der Waals surface area contributed by atoms with Gasteiger partial charge in [0.25, 0.3) is 0 Å². The Labute approximate surface area is 237 Å². The van der Waals surface area contributed by atoms with Crippen LogP contribution in [0.4, 0.5) is 5.69 Å². The number of hydrogen-bond acceptors (Lipinski definition) is 4. The predicted octanol–water partition coefficient (Wildman–Crippen LogP) is 5.95.